The van der Waals surface area contributed by atoms with Crippen LogP contribution in [0.2, 0.25) is 0 Å². The van der Waals surface area contributed by atoms with Crippen LogP contribution < -0.4 is 29.1 Å². The second-order valence-electron chi connectivity index (χ2n) is 19.6. The number of H-pyrrole nitrogens is 1. The molecule has 2 aromatic heterocycles. The van der Waals surface area contributed by atoms with Gasteiger partial charge in [0.05, 0.1) is 28.0 Å². The predicted octanol–water partition coefficient (Wildman–Crippen LogP) is 10.2. The summed E-state index contributed by atoms with van der Waals surface area (Å²) in [6.07, 6.45) is 14.0. The summed E-state index contributed by atoms with van der Waals surface area (Å²) in [5.74, 6) is 0.419. The minimum atomic E-state index is -4.66. The van der Waals surface area contributed by atoms with Crippen LogP contribution in [0.15, 0.2) is 77.8 Å². The van der Waals surface area contributed by atoms with E-state index < -0.39 is 31.4 Å². The lowest BCUT2D eigenvalue weighted by atomic mass is 9.59. The molecule has 3 aromatic carbocycles. The topological polar surface area (TPSA) is 181 Å². The zero-order valence-electron chi connectivity index (χ0n) is 38.6. The molecule has 0 unspecified atom stereocenters. The van der Waals surface area contributed by atoms with Gasteiger partial charge in [0, 0.05) is 60.6 Å². The summed E-state index contributed by atoms with van der Waals surface area (Å²) in [4.78, 5) is 38.4. The van der Waals surface area contributed by atoms with Gasteiger partial charge >= 0.3 is 0 Å². The minimum Gasteiger partial charge on any atom is -0.489 e. The van der Waals surface area contributed by atoms with Crippen molar-refractivity contribution in [1.82, 2.24) is 19.6 Å². The molecular formula is C51H61N7O8S. The molecule has 1 amide bonds. The first-order chi connectivity index (χ1) is 32.4. The monoisotopic (exact) mass is 931 g/mol. The summed E-state index contributed by atoms with van der Waals surface area (Å²) < 4.78 is 48.7. The predicted molar refractivity (Wildman–Crippen MR) is 257 cm³/mol. The SMILES string of the molecule is CCOc1nc2[nH]ccc2cc1Oc1cc(N2CCC3(CC2)CC(N2CCC[C@@H]2c2ccccc2C(C)C)C3)ccc1C(=O)NS(=O)(=O)c1cc2c(c([N+](=O)[O-])c1)N[C@@H](C1CCCCC1)CO2. The summed E-state index contributed by atoms with van der Waals surface area (Å²) in [5, 5.41) is 16.4. The number of carbonyl (C=O) groups excluding carboxylic acids is 1. The van der Waals surface area contributed by atoms with Crippen molar-refractivity contribution >= 4 is 44.0 Å². The van der Waals surface area contributed by atoms with Gasteiger partial charge < -0.3 is 29.4 Å². The third-order valence-corrected chi connectivity index (χ3v) is 16.5. The van der Waals surface area contributed by atoms with Crippen LogP contribution in [0.1, 0.15) is 125 Å². The molecule has 5 aromatic rings. The Labute approximate surface area is 392 Å². The van der Waals surface area contributed by atoms with E-state index in [1.807, 2.05) is 19.1 Å². The van der Waals surface area contributed by atoms with Crippen molar-refractivity contribution in [3.8, 4) is 23.1 Å². The van der Waals surface area contributed by atoms with E-state index in [4.69, 9.17) is 14.2 Å². The Morgan fingerprint density at radius 2 is 1.78 bits per heavy atom. The van der Waals surface area contributed by atoms with Crippen LogP contribution >= 0.6 is 0 Å². The van der Waals surface area contributed by atoms with Gasteiger partial charge in [-0.15, -0.1) is 0 Å². The third-order valence-electron chi connectivity index (χ3n) is 15.2. The molecule has 2 saturated carbocycles. The quantitative estimate of drug-likeness (QED) is 0.0752. The van der Waals surface area contributed by atoms with Crippen LogP contribution in [-0.2, 0) is 10.0 Å². The third kappa shape index (κ3) is 8.90. The number of fused-ring (bicyclic) bond motifs is 2. The lowest BCUT2D eigenvalue weighted by Crippen LogP contribution is -2.54. The molecule has 15 nitrogen and oxygen atoms in total. The number of likely N-dealkylation sites (tertiary alicyclic amines) is 1. The highest BCUT2D eigenvalue weighted by atomic mass is 32.2. The van der Waals surface area contributed by atoms with E-state index in [0.29, 0.717) is 36.2 Å². The minimum absolute atomic E-state index is 0.0481. The number of nitro benzene ring substituents is 1. The van der Waals surface area contributed by atoms with Crippen molar-refractivity contribution in [2.75, 3.05) is 43.1 Å². The molecule has 3 N–H and O–H groups in total. The van der Waals surface area contributed by atoms with E-state index in [-0.39, 0.29) is 52.4 Å². The van der Waals surface area contributed by atoms with Crippen molar-refractivity contribution < 1.29 is 32.3 Å². The van der Waals surface area contributed by atoms with Crippen molar-refractivity contribution in [3.63, 3.8) is 0 Å². The number of ether oxygens (including phenoxy) is 3. The number of pyridine rings is 1. The van der Waals surface area contributed by atoms with Gasteiger partial charge in [-0.3, -0.25) is 19.8 Å². The first-order valence-corrected chi connectivity index (χ1v) is 25.7. The second-order valence-corrected chi connectivity index (χ2v) is 21.3. The molecule has 2 saturated heterocycles. The number of nitrogens with zero attached hydrogens (tertiary/aromatic N) is 4. The highest BCUT2D eigenvalue weighted by molar-refractivity contribution is 7.90. The molecular weight excluding hydrogens is 871 g/mol. The summed E-state index contributed by atoms with van der Waals surface area (Å²) in [5.41, 5.74) is 4.31. The van der Waals surface area contributed by atoms with Gasteiger partial charge in [0.25, 0.3) is 27.5 Å². The van der Waals surface area contributed by atoms with Crippen LogP contribution in [0.25, 0.3) is 11.0 Å². The van der Waals surface area contributed by atoms with Crippen molar-refractivity contribution in [2.45, 2.75) is 120 Å². The van der Waals surface area contributed by atoms with Gasteiger partial charge in [-0.05, 0) is 117 Å². The van der Waals surface area contributed by atoms with E-state index in [0.717, 1.165) is 81.7 Å². The van der Waals surface area contributed by atoms with Crippen LogP contribution in [0, 0.1) is 21.4 Å². The van der Waals surface area contributed by atoms with Gasteiger partial charge in [-0.25, -0.2) is 13.1 Å². The average Bonchev–Trinajstić information content (AvgIpc) is 4.00. The highest BCUT2D eigenvalue weighted by Gasteiger charge is 2.50. The van der Waals surface area contributed by atoms with E-state index in [2.05, 4.69) is 67.9 Å². The molecule has 3 aliphatic heterocycles. The molecule has 1 spiro atoms. The number of hydrogen-bond acceptors (Lipinski definition) is 12. The molecule has 5 aliphatic rings. The van der Waals surface area contributed by atoms with Gasteiger partial charge in [-0.2, -0.15) is 4.98 Å². The zero-order chi connectivity index (χ0) is 46.5. The zero-order valence-corrected chi connectivity index (χ0v) is 39.4. The van der Waals surface area contributed by atoms with Crippen molar-refractivity contribution in [3.05, 3.63) is 99.7 Å². The summed E-state index contributed by atoms with van der Waals surface area (Å²) in [6, 6.07) is 20.9. The number of nitrogens with one attached hydrogen (secondary N) is 3. The maximum absolute atomic E-state index is 14.3. The highest BCUT2D eigenvalue weighted by Crippen LogP contribution is 2.54. The van der Waals surface area contributed by atoms with Crippen LogP contribution in [0.3, 0.4) is 0 Å². The largest absolute Gasteiger partial charge is 0.489 e. The first kappa shape index (κ1) is 44.9. The maximum atomic E-state index is 14.3. The van der Waals surface area contributed by atoms with Gasteiger partial charge in [-0.1, -0.05) is 57.4 Å². The number of hydrogen-bond donors (Lipinski definition) is 3. The molecule has 0 radical (unpaired) electrons. The molecule has 2 atom stereocenters. The lowest BCUT2D eigenvalue weighted by Gasteiger charge is -2.56. The number of sulfonamides is 1. The number of aromatic amines is 1. The smallest absolute Gasteiger partial charge is 0.297 e. The Bertz CT molecular complexity index is 2770. The fourth-order valence-electron chi connectivity index (χ4n) is 11.6. The van der Waals surface area contributed by atoms with Gasteiger partial charge in [0.1, 0.15) is 18.0 Å². The summed E-state index contributed by atoms with van der Waals surface area (Å²) in [6.45, 7) is 9.74. The fraction of sp³-hybridized carbons (Fsp3) is 0.490. The Morgan fingerprint density at radius 3 is 2.54 bits per heavy atom. The Morgan fingerprint density at radius 1 is 0.985 bits per heavy atom. The number of rotatable bonds is 13. The van der Waals surface area contributed by atoms with Crippen LogP contribution in [-0.4, -0.2) is 79.0 Å². The second kappa shape index (κ2) is 18.3. The summed E-state index contributed by atoms with van der Waals surface area (Å²) in [7, 11) is -4.66. The van der Waals surface area contributed by atoms with E-state index >= 15 is 0 Å². The molecule has 354 valence electrons. The van der Waals surface area contributed by atoms with E-state index in [9.17, 15) is 23.3 Å². The molecule has 16 heteroatoms. The summed E-state index contributed by atoms with van der Waals surface area (Å²) >= 11 is 0. The molecule has 67 heavy (non-hydrogen) atoms. The number of anilines is 2. The molecule has 2 aliphatic carbocycles. The van der Waals surface area contributed by atoms with Crippen LogP contribution in [0.4, 0.5) is 17.1 Å². The van der Waals surface area contributed by atoms with Crippen LogP contribution in [0.5, 0.6) is 23.1 Å². The number of carbonyl (C=O) groups is 1. The Kier molecular flexibility index (Phi) is 12.3. The number of aromatic nitrogens is 2. The standard InChI is InChI=1S/C51H61N7O8S/c1-4-64-50-46(25-34-18-21-52-48(34)54-50)66-44-26-35(56-23-19-51(20-24-56)29-36(30-51)57-22-10-15-42(57)39-14-9-8-13-38(39)32(2)3)16-17-40(44)49(59)55-67(62,63)37-27-43(58(60)61)47-45(28-37)65-31-41(53-47)33-11-6-5-7-12-33/h8-9,13-14,16-18,21,25-28,32-33,36,41-42,53H,4-7,10-12,15,19-20,22-24,29-31H2,1-3H3,(H,52,54)(H,55,59)/t41-,42-/m1/s1. The van der Waals surface area contributed by atoms with E-state index in [1.54, 1.807) is 24.4 Å². The number of amides is 1. The van der Waals surface area contributed by atoms with E-state index in [1.165, 1.54) is 42.9 Å². The average molecular weight is 932 g/mol. The molecule has 5 heterocycles. The molecule has 4 fully saturated rings. The van der Waals surface area contributed by atoms with Gasteiger partial charge in [0.15, 0.2) is 17.2 Å². The number of piperidine rings is 1. The molecule has 0 bridgehead atoms. The fourth-order valence-corrected chi connectivity index (χ4v) is 12.6. The van der Waals surface area contributed by atoms with Crippen molar-refractivity contribution in [2.24, 2.45) is 11.3 Å². The normalized spacial score (nSPS) is 21.1. The number of benzene rings is 3. The molecule has 10 rings (SSSR count). The Balaban J connectivity index is 0.887. The lowest BCUT2D eigenvalue weighted by molar-refractivity contribution is -0.384. The van der Waals surface area contributed by atoms with Crippen molar-refractivity contribution in [1.29, 1.82) is 0 Å². The Hall–Kier alpha value is -5.87. The van der Waals surface area contributed by atoms with Gasteiger partial charge in [0.2, 0.25) is 0 Å². The first-order valence-electron chi connectivity index (χ1n) is 24.2. The maximum Gasteiger partial charge on any atom is 0.297 e. The number of nitro groups is 1.